The summed E-state index contributed by atoms with van der Waals surface area (Å²) in [4.78, 5) is 0. The minimum Gasteiger partial charge on any atom is -0.200 e. The summed E-state index contributed by atoms with van der Waals surface area (Å²) in [6.45, 7) is -1.26. The predicted molar refractivity (Wildman–Crippen MR) is 46.1 cm³/mol. The van der Waals surface area contributed by atoms with Gasteiger partial charge in [0.25, 0.3) is 0 Å². The normalized spacial score (nSPS) is 31.2. The molecular formula is C6H8Cl2F4Si. The van der Waals surface area contributed by atoms with E-state index in [1.807, 2.05) is 0 Å². The first kappa shape index (κ1) is 11.6. The third-order valence-corrected chi connectivity index (χ3v) is 4.24. The van der Waals surface area contributed by atoms with Gasteiger partial charge >= 0.3 is 11.8 Å². The molecule has 1 saturated carbocycles. The Bertz CT molecular complexity index is 213. The lowest BCUT2D eigenvalue weighted by Crippen LogP contribution is -2.59. The van der Waals surface area contributed by atoms with Gasteiger partial charge in [0, 0.05) is 12.3 Å². The fourth-order valence-electron chi connectivity index (χ4n) is 1.37. The molecule has 0 aliphatic heterocycles. The van der Waals surface area contributed by atoms with Gasteiger partial charge in [0.05, 0.1) is 0 Å². The highest BCUT2D eigenvalue weighted by Crippen LogP contribution is 2.58. The van der Waals surface area contributed by atoms with Gasteiger partial charge in [0.15, 0.2) is 0 Å². The Kier molecular flexibility index (Phi) is 2.68. The van der Waals surface area contributed by atoms with E-state index in [2.05, 4.69) is 0 Å². The summed E-state index contributed by atoms with van der Waals surface area (Å²) in [6, 6.07) is -0.182. The molecule has 0 amide bonds. The molecule has 1 unspecified atom stereocenters. The zero-order valence-corrected chi connectivity index (χ0v) is 9.27. The maximum absolute atomic E-state index is 12.7. The Morgan fingerprint density at radius 1 is 1.31 bits per heavy atom. The third-order valence-electron chi connectivity index (χ3n) is 2.11. The number of alkyl halides is 4. The molecule has 0 spiro atoms. The van der Waals surface area contributed by atoms with Gasteiger partial charge in [0.1, 0.15) is 0 Å². The van der Waals surface area contributed by atoms with E-state index in [9.17, 15) is 17.6 Å². The van der Waals surface area contributed by atoms with Crippen LogP contribution in [0.4, 0.5) is 17.6 Å². The maximum atomic E-state index is 12.7. The van der Waals surface area contributed by atoms with Gasteiger partial charge < -0.3 is 0 Å². The van der Waals surface area contributed by atoms with Crippen molar-refractivity contribution in [3.63, 3.8) is 0 Å². The van der Waals surface area contributed by atoms with E-state index in [1.54, 1.807) is 0 Å². The second kappa shape index (κ2) is 3.00. The molecule has 0 N–H and O–H groups in total. The summed E-state index contributed by atoms with van der Waals surface area (Å²) in [7, 11) is 0. The molecule has 7 heteroatoms. The molecule has 0 aromatic carbocycles. The Labute approximate surface area is 83.6 Å². The summed E-state index contributed by atoms with van der Waals surface area (Å²) in [5.74, 6) is -9.15. The lowest BCUT2D eigenvalue weighted by atomic mass is 9.78. The minimum atomic E-state index is -3.93. The molecule has 78 valence electrons. The van der Waals surface area contributed by atoms with Crippen molar-refractivity contribution in [2.75, 3.05) is 0 Å². The van der Waals surface area contributed by atoms with Crippen LogP contribution in [0.2, 0.25) is 12.6 Å². The molecule has 1 fully saturated rings. The molecule has 0 aromatic rings. The highest BCUT2D eigenvalue weighted by molar-refractivity contribution is 7.44. The first-order valence-electron chi connectivity index (χ1n) is 3.70. The SMILES string of the molecule is C[Si](Cl)(Cl)CC1CC(F)(F)C1(F)F. The smallest absolute Gasteiger partial charge is 0.200 e. The van der Waals surface area contributed by atoms with Crippen LogP contribution in [0.15, 0.2) is 0 Å². The lowest BCUT2D eigenvalue weighted by molar-refractivity contribution is -0.309. The average molecular weight is 255 g/mol. The highest BCUT2D eigenvalue weighted by Gasteiger charge is 2.71. The van der Waals surface area contributed by atoms with Gasteiger partial charge in [-0.1, -0.05) is 0 Å². The second-order valence-corrected chi connectivity index (χ2v) is 11.6. The van der Waals surface area contributed by atoms with E-state index in [1.165, 1.54) is 6.55 Å². The molecule has 13 heavy (non-hydrogen) atoms. The van der Waals surface area contributed by atoms with Gasteiger partial charge in [0.2, 0.25) is 6.69 Å². The minimum absolute atomic E-state index is 0.182. The van der Waals surface area contributed by atoms with Crippen molar-refractivity contribution >= 4 is 28.9 Å². The molecule has 1 aliphatic carbocycles. The zero-order chi connectivity index (χ0) is 10.5. The van der Waals surface area contributed by atoms with Crippen LogP contribution in [0.1, 0.15) is 6.42 Å². The van der Waals surface area contributed by atoms with Crippen LogP contribution in [-0.2, 0) is 0 Å². The summed E-state index contributed by atoms with van der Waals surface area (Å²) < 4.78 is 50.0. The Morgan fingerprint density at radius 3 is 2.00 bits per heavy atom. The van der Waals surface area contributed by atoms with Crippen molar-refractivity contribution in [2.45, 2.75) is 30.9 Å². The monoisotopic (exact) mass is 254 g/mol. The van der Waals surface area contributed by atoms with Crippen LogP contribution >= 0.6 is 22.2 Å². The van der Waals surface area contributed by atoms with Crippen molar-refractivity contribution in [3.8, 4) is 0 Å². The topological polar surface area (TPSA) is 0 Å². The quantitative estimate of drug-likeness (QED) is 0.399. The van der Waals surface area contributed by atoms with Crippen LogP contribution in [0.5, 0.6) is 0 Å². The van der Waals surface area contributed by atoms with Crippen LogP contribution in [0.3, 0.4) is 0 Å². The van der Waals surface area contributed by atoms with E-state index in [-0.39, 0.29) is 6.04 Å². The molecule has 0 nitrogen and oxygen atoms in total. The molecule has 1 aliphatic rings. The summed E-state index contributed by atoms with van der Waals surface area (Å²) >= 11 is 11.2. The second-order valence-electron chi connectivity index (χ2n) is 3.50. The average Bonchev–Trinajstić information content (AvgIpc) is 1.82. The fourth-order valence-corrected chi connectivity index (χ4v) is 3.76. The standard InChI is InChI=1S/C6H8Cl2F4Si/c1-13(7,8)3-4-2-5(9,10)6(4,11)12/h4H,2-3H2,1H3. The molecule has 0 radical (unpaired) electrons. The first-order valence-corrected chi connectivity index (χ1v) is 8.43. The van der Waals surface area contributed by atoms with E-state index in [0.717, 1.165) is 0 Å². The van der Waals surface area contributed by atoms with E-state index < -0.39 is 30.9 Å². The molecular weight excluding hydrogens is 247 g/mol. The van der Waals surface area contributed by atoms with Gasteiger partial charge in [-0.3, -0.25) is 0 Å². The molecule has 0 saturated heterocycles. The molecule has 1 atom stereocenters. The third kappa shape index (κ3) is 2.13. The van der Waals surface area contributed by atoms with E-state index in [4.69, 9.17) is 22.2 Å². The molecule has 1 rings (SSSR count). The van der Waals surface area contributed by atoms with Crippen LogP contribution in [-0.4, -0.2) is 18.5 Å². The van der Waals surface area contributed by atoms with Crippen molar-refractivity contribution in [1.29, 1.82) is 0 Å². The Balaban J connectivity index is 2.60. The van der Waals surface area contributed by atoms with Crippen molar-refractivity contribution in [1.82, 2.24) is 0 Å². The summed E-state index contributed by atoms with van der Waals surface area (Å²) in [5, 5.41) is 0. The van der Waals surface area contributed by atoms with Crippen LogP contribution in [0.25, 0.3) is 0 Å². The summed E-state index contributed by atoms with van der Waals surface area (Å²) in [6.07, 6.45) is -0.804. The fraction of sp³-hybridized carbons (Fsp3) is 1.00. The van der Waals surface area contributed by atoms with E-state index in [0.29, 0.717) is 0 Å². The largest absolute Gasteiger partial charge is 0.313 e. The van der Waals surface area contributed by atoms with Gasteiger partial charge in [-0.2, -0.15) is 17.6 Å². The lowest BCUT2D eigenvalue weighted by Gasteiger charge is -2.44. The highest BCUT2D eigenvalue weighted by atomic mass is 35.7. The Hall–Kier alpha value is 0.517. The molecule has 0 heterocycles. The van der Waals surface area contributed by atoms with Gasteiger partial charge in [-0.05, 0) is 12.6 Å². The predicted octanol–water partition coefficient (Wildman–Crippen LogP) is 3.83. The first-order chi connectivity index (χ1) is 5.56. The van der Waals surface area contributed by atoms with Crippen molar-refractivity contribution in [2.24, 2.45) is 5.92 Å². The zero-order valence-electron chi connectivity index (χ0n) is 6.76. The number of halogens is 6. The van der Waals surface area contributed by atoms with Crippen LogP contribution < -0.4 is 0 Å². The molecule has 0 bridgehead atoms. The number of hydrogen-bond acceptors (Lipinski definition) is 0. The van der Waals surface area contributed by atoms with Gasteiger partial charge in [-0.25, -0.2) is 0 Å². The van der Waals surface area contributed by atoms with E-state index >= 15 is 0 Å². The Morgan fingerprint density at radius 2 is 1.77 bits per heavy atom. The van der Waals surface area contributed by atoms with Crippen molar-refractivity contribution < 1.29 is 17.6 Å². The maximum Gasteiger partial charge on any atom is 0.313 e. The number of hydrogen-bond donors (Lipinski definition) is 0. The van der Waals surface area contributed by atoms with Crippen molar-refractivity contribution in [3.05, 3.63) is 0 Å². The summed E-state index contributed by atoms with van der Waals surface area (Å²) in [5.41, 5.74) is 0. The van der Waals surface area contributed by atoms with Gasteiger partial charge in [-0.15, -0.1) is 22.2 Å². The number of rotatable bonds is 2. The van der Waals surface area contributed by atoms with Crippen LogP contribution in [0, 0.1) is 5.92 Å². The molecule has 0 aromatic heterocycles.